The van der Waals surface area contributed by atoms with Crippen LogP contribution in [0.3, 0.4) is 0 Å². The zero-order chi connectivity index (χ0) is 13.5. The minimum Gasteiger partial charge on any atom is -0.379 e. The molecule has 2 heterocycles. The van der Waals surface area contributed by atoms with E-state index in [1.807, 2.05) is 0 Å². The van der Waals surface area contributed by atoms with Gasteiger partial charge in [-0.3, -0.25) is 0 Å². The highest BCUT2D eigenvalue weighted by Gasteiger charge is 2.51. The average Bonchev–Trinajstić information content (AvgIpc) is 2.73. The third-order valence-electron chi connectivity index (χ3n) is 4.73. The number of fused-ring (bicyclic) bond motifs is 1. The number of nitrogens with zero attached hydrogens (tertiary/aromatic N) is 1. The van der Waals surface area contributed by atoms with E-state index in [-0.39, 0.29) is 10.8 Å². The predicted octanol–water partition coefficient (Wildman–Crippen LogP) is 2.21. The zero-order valence-electron chi connectivity index (χ0n) is 11.6. The van der Waals surface area contributed by atoms with Crippen LogP contribution in [0.1, 0.15) is 25.8 Å². The van der Waals surface area contributed by atoms with Gasteiger partial charge in [0.2, 0.25) is 0 Å². The summed E-state index contributed by atoms with van der Waals surface area (Å²) in [5.41, 5.74) is 9.42. The quantitative estimate of drug-likeness (QED) is 0.884. The molecular formula is C15H21N3O. The largest absolute Gasteiger partial charge is 0.379 e. The molecule has 0 spiro atoms. The molecule has 1 aliphatic rings. The van der Waals surface area contributed by atoms with Gasteiger partial charge in [-0.25, -0.2) is 4.98 Å². The van der Waals surface area contributed by atoms with Crippen LogP contribution in [0, 0.1) is 5.41 Å². The molecule has 1 aliphatic heterocycles. The fourth-order valence-electron chi connectivity index (χ4n) is 3.09. The van der Waals surface area contributed by atoms with Crippen LogP contribution in [-0.2, 0) is 10.2 Å². The monoisotopic (exact) mass is 259 g/mol. The maximum atomic E-state index is 5.79. The maximum absolute atomic E-state index is 5.79. The highest BCUT2D eigenvalue weighted by atomic mass is 16.5. The van der Waals surface area contributed by atoms with Gasteiger partial charge >= 0.3 is 0 Å². The molecular weight excluding hydrogens is 238 g/mol. The molecule has 0 saturated carbocycles. The van der Waals surface area contributed by atoms with E-state index in [0.29, 0.717) is 6.54 Å². The Balaban J connectivity index is 2.05. The molecule has 0 unspecified atom stereocenters. The number of aromatic nitrogens is 2. The number of nitrogens with one attached hydrogen (secondary N) is 1. The number of ether oxygens (including phenoxy) is 1. The number of hydrogen-bond donors (Lipinski definition) is 2. The second-order valence-electron chi connectivity index (χ2n) is 6.13. The van der Waals surface area contributed by atoms with Gasteiger partial charge in [0, 0.05) is 5.41 Å². The van der Waals surface area contributed by atoms with E-state index < -0.39 is 0 Å². The maximum Gasteiger partial charge on any atom is 0.0931 e. The van der Waals surface area contributed by atoms with Crippen LogP contribution < -0.4 is 5.73 Å². The summed E-state index contributed by atoms with van der Waals surface area (Å²) in [6, 6.07) is 6.48. The molecule has 19 heavy (non-hydrogen) atoms. The molecule has 1 fully saturated rings. The third kappa shape index (κ3) is 1.78. The van der Waals surface area contributed by atoms with Crippen molar-refractivity contribution in [3.63, 3.8) is 0 Å². The molecule has 0 radical (unpaired) electrons. The van der Waals surface area contributed by atoms with Gasteiger partial charge in [0.1, 0.15) is 0 Å². The van der Waals surface area contributed by atoms with Crippen molar-refractivity contribution in [2.24, 2.45) is 11.1 Å². The molecule has 3 N–H and O–H groups in total. The minimum absolute atomic E-state index is 0.0751. The van der Waals surface area contributed by atoms with Crippen LogP contribution in [0.15, 0.2) is 24.5 Å². The number of H-pyrrole nitrogens is 1. The zero-order valence-corrected chi connectivity index (χ0v) is 11.6. The van der Waals surface area contributed by atoms with Gasteiger partial charge in [-0.15, -0.1) is 0 Å². The van der Waals surface area contributed by atoms with Crippen LogP contribution in [0.25, 0.3) is 11.0 Å². The number of benzene rings is 1. The second-order valence-corrected chi connectivity index (χ2v) is 6.13. The van der Waals surface area contributed by atoms with Crippen molar-refractivity contribution in [3.8, 4) is 0 Å². The van der Waals surface area contributed by atoms with Gasteiger partial charge in [-0.1, -0.05) is 19.9 Å². The van der Waals surface area contributed by atoms with E-state index in [0.717, 1.165) is 30.7 Å². The van der Waals surface area contributed by atoms with E-state index in [1.54, 1.807) is 6.33 Å². The number of imidazole rings is 1. The van der Waals surface area contributed by atoms with Crippen molar-refractivity contribution < 1.29 is 4.74 Å². The first-order valence-electron chi connectivity index (χ1n) is 6.80. The topological polar surface area (TPSA) is 63.9 Å². The van der Waals surface area contributed by atoms with Gasteiger partial charge in [0.05, 0.1) is 30.6 Å². The standard InChI is InChI=1S/C15H21N3O/c1-14(2,5-6-16)15(8-19-9-15)11-3-4-12-13(7-11)18-10-17-12/h3-4,7,10H,5-6,8-9,16H2,1-2H3,(H,17,18). The summed E-state index contributed by atoms with van der Waals surface area (Å²) in [5, 5.41) is 0. The summed E-state index contributed by atoms with van der Waals surface area (Å²) in [6.07, 6.45) is 2.74. The molecule has 2 aromatic rings. The normalized spacial score (nSPS) is 18.5. The van der Waals surface area contributed by atoms with Gasteiger partial charge in [0.25, 0.3) is 0 Å². The lowest BCUT2D eigenvalue weighted by atomic mass is 9.59. The summed E-state index contributed by atoms with van der Waals surface area (Å²) in [7, 11) is 0. The van der Waals surface area contributed by atoms with Gasteiger partial charge in [0.15, 0.2) is 0 Å². The van der Waals surface area contributed by atoms with E-state index in [1.165, 1.54) is 5.56 Å². The highest BCUT2D eigenvalue weighted by molar-refractivity contribution is 5.75. The van der Waals surface area contributed by atoms with Crippen molar-refractivity contribution in [1.82, 2.24) is 9.97 Å². The average molecular weight is 259 g/mol. The van der Waals surface area contributed by atoms with E-state index in [9.17, 15) is 0 Å². The number of rotatable bonds is 4. The van der Waals surface area contributed by atoms with E-state index in [2.05, 4.69) is 42.0 Å². The first kappa shape index (κ1) is 12.6. The van der Waals surface area contributed by atoms with Crippen molar-refractivity contribution >= 4 is 11.0 Å². The van der Waals surface area contributed by atoms with Crippen LogP contribution in [0.5, 0.6) is 0 Å². The Morgan fingerprint density at radius 3 is 2.84 bits per heavy atom. The lowest BCUT2D eigenvalue weighted by Gasteiger charge is -2.53. The Morgan fingerprint density at radius 1 is 1.42 bits per heavy atom. The van der Waals surface area contributed by atoms with Crippen LogP contribution in [-0.4, -0.2) is 29.7 Å². The van der Waals surface area contributed by atoms with Crippen molar-refractivity contribution in [3.05, 3.63) is 30.1 Å². The minimum atomic E-state index is 0.0751. The van der Waals surface area contributed by atoms with Crippen LogP contribution >= 0.6 is 0 Å². The molecule has 102 valence electrons. The van der Waals surface area contributed by atoms with Crippen LogP contribution in [0.2, 0.25) is 0 Å². The number of aromatic amines is 1. The molecule has 1 saturated heterocycles. The Hall–Kier alpha value is -1.39. The lowest BCUT2D eigenvalue weighted by molar-refractivity contribution is -0.121. The summed E-state index contributed by atoms with van der Waals surface area (Å²) in [4.78, 5) is 7.46. The van der Waals surface area contributed by atoms with Crippen LogP contribution in [0.4, 0.5) is 0 Å². The number of nitrogens with two attached hydrogens (primary N) is 1. The van der Waals surface area contributed by atoms with Gasteiger partial charge in [-0.05, 0) is 36.1 Å². The highest BCUT2D eigenvalue weighted by Crippen LogP contribution is 2.49. The Labute approximate surface area is 113 Å². The van der Waals surface area contributed by atoms with Crippen molar-refractivity contribution in [1.29, 1.82) is 0 Å². The second kappa shape index (κ2) is 4.32. The summed E-state index contributed by atoms with van der Waals surface area (Å²) < 4.78 is 5.55. The lowest BCUT2D eigenvalue weighted by Crippen LogP contribution is -2.57. The molecule has 4 heteroatoms. The number of hydrogen-bond acceptors (Lipinski definition) is 3. The van der Waals surface area contributed by atoms with Crippen molar-refractivity contribution in [2.75, 3.05) is 19.8 Å². The first-order valence-corrected chi connectivity index (χ1v) is 6.80. The Bertz CT molecular complexity index is 584. The van der Waals surface area contributed by atoms with Gasteiger partial charge < -0.3 is 15.5 Å². The van der Waals surface area contributed by atoms with E-state index >= 15 is 0 Å². The smallest absolute Gasteiger partial charge is 0.0931 e. The first-order chi connectivity index (χ1) is 9.09. The fraction of sp³-hybridized carbons (Fsp3) is 0.533. The Kier molecular flexibility index (Phi) is 2.87. The predicted molar refractivity (Wildman–Crippen MR) is 76.0 cm³/mol. The van der Waals surface area contributed by atoms with E-state index in [4.69, 9.17) is 10.5 Å². The summed E-state index contributed by atoms with van der Waals surface area (Å²) >= 11 is 0. The third-order valence-corrected chi connectivity index (χ3v) is 4.73. The van der Waals surface area contributed by atoms with Crippen molar-refractivity contribution in [2.45, 2.75) is 25.7 Å². The molecule has 0 aliphatic carbocycles. The summed E-state index contributed by atoms with van der Waals surface area (Å²) in [6.45, 7) is 6.85. The summed E-state index contributed by atoms with van der Waals surface area (Å²) in [5.74, 6) is 0. The molecule has 1 aromatic carbocycles. The fourth-order valence-corrected chi connectivity index (χ4v) is 3.09. The molecule has 0 amide bonds. The van der Waals surface area contributed by atoms with Gasteiger partial charge in [-0.2, -0.15) is 0 Å². The Morgan fingerprint density at radius 2 is 2.21 bits per heavy atom. The molecule has 1 aromatic heterocycles. The molecule has 4 nitrogen and oxygen atoms in total. The molecule has 0 bridgehead atoms. The molecule has 0 atom stereocenters. The molecule has 3 rings (SSSR count). The SMILES string of the molecule is CC(C)(CCN)C1(c2ccc3nc[nH]c3c2)COC1.